The van der Waals surface area contributed by atoms with Crippen molar-refractivity contribution in [2.45, 2.75) is 44.3 Å². The van der Waals surface area contributed by atoms with E-state index in [1.807, 2.05) is 0 Å². The highest BCUT2D eigenvalue weighted by molar-refractivity contribution is 7.92. The van der Waals surface area contributed by atoms with Gasteiger partial charge in [-0.3, -0.25) is 4.79 Å². The van der Waals surface area contributed by atoms with Crippen molar-refractivity contribution in [1.29, 1.82) is 0 Å². The van der Waals surface area contributed by atoms with Crippen LogP contribution in [0, 0.1) is 0 Å². The Bertz CT molecular complexity index is 427. The molecule has 7 heteroatoms. The number of nitrogens with one attached hydrogen (secondary N) is 1. The van der Waals surface area contributed by atoms with Crippen LogP contribution in [0.15, 0.2) is 0 Å². The minimum atomic E-state index is -3.45. The van der Waals surface area contributed by atoms with E-state index in [-0.39, 0.29) is 12.6 Å². The van der Waals surface area contributed by atoms with Gasteiger partial charge in [-0.05, 0) is 27.7 Å². The van der Waals surface area contributed by atoms with Gasteiger partial charge in [0, 0.05) is 12.8 Å². The summed E-state index contributed by atoms with van der Waals surface area (Å²) < 4.78 is 32.4. The summed E-state index contributed by atoms with van der Waals surface area (Å²) in [7, 11) is -3.45. The summed E-state index contributed by atoms with van der Waals surface area (Å²) in [6.45, 7) is 6.96. The molecule has 1 unspecified atom stereocenters. The van der Waals surface area contributed by atoms with Gasteiger partial charge in [0.25, 0.3) is 0 Å². The molecule has 0 saturated carbocycles. The Kier molecular flexibility index (Phi) is 4.10. The lowest BCUT2D eigenvalue weighted by Crippen LogP contribution is -2.49. The second kappa shape index (κ2) is 4.79. The van der Waals surface area contributed by atoms with Crippen LogP contribution in [-0.4, -0.2) is 50.4 Å². The molecule has 6 nitrogen and oxygen atoms in total. The molecular formula is C11H21NO5S. The van der Waals surface area contributed by atoms with E-state index in [1.54, 1.807) is 13.8 Å². The van der Waals surface area contributed by atoms with Gasteiger partial charge in [-0.15, -0.1) is 0 Å². The van der Waals surface area contributed by atoms with Crippen LogP contribution in [0.25, 0.3) is 0 Å². The summed E-state index contributed by atoms with van der Waals surface area (Å²) in [5, 5.41) is 2.59. The molecule has 18 heavy (non-hydrogen) atoms. The number of amides is 1. The summed E-state index contributed by atoms with van der Waals surface area (Å²) in [5.41, 5.74) is 0. The van der Waals surface area contributed by atoms with Crippen LogP contribution in [0.3, 0.4) is 0 Å². The van der Waals surface area contributed by atoms with Crippen molar-refractivity contribution >= 4 is 15.7 Å². The predicted molar refractivity (Wildman–Crippen MR) is 66.8 cm³/mol. The van der Waals surface area contributed by atoms with Crippen LogP contribution in [0.2, 0.25) is 0 Å². The quantitative estimate of drug-likeness (QED) is 0.788. The minimum Gasteiger partial charge on any atom is -0.352 e. The van der Waals surface area contributed by atoms with Crippen LogP contribution in [0.4, 0.5) is 0 Å². The number of ether oxygens (including phenoxy) is 2. The van der Waals surface area contributed by atoms with Gasteiger partial charge >= 0.3 is 0 Å². The van der Waals surface area contributed by atoms with Gasteiger partial charge in [0.1, 0.15) is 10.9 Å². The molecular weight excluding hydrogens is 258 g/mol. The zero-order valence-electron chi connectivity index (χ0n) is 11.4. The van der Waals surface area contributed by atoms with E-state index < -0.39 is 26.3 Å². The molecule has 0 radical (unpaired) electrons. The van der Waals surface area contributed by atoms with Gasteiger partial charge in [-0.2, -0.15) is 0 Å². The number of hydrogen-bond acceptors (Lipinski definition) is 5. The summed E-state index contributed by atoms with van der Waals surface area (Å²) in [6.07, 6.45) is 0.796. The third kappa shape index (κ3) is 3.43. The average Bonchev–Trinajstić information content (AvgIpc) is 2.52. The molecule has 1 aliphatic heterocycles. The maximum atomic E-state index is 11.8. The number of hydrogen-bond donors (Lipinski definition) is 1. The fourth-order valence-corrected chi connectivity index (χ4v) is 1.86. The summed E-state index contributed by atoms with van der Waals surface area (Å²) >= 11 is 0. The van der Waals surface area contributed by atoms with Crippen molar-refractivity contribution in [2.24, 2.45) is 0 Å². The molecule has 1 N–H and O–H groups in total. The maximum absolute atomic E-state index is 11.8. The molecule has 1 rings (SSSR count). The Hall–Kier alpha value is -0.660. The normalized spacial score (nSPS) is 23.9. The summed E-state index contributed by atoms with van der Waals surface area (Å²) in [5.74, 6) is -1.18. The van der Waals surface area contributed by atoms with E-state index in [2.05, 4.69) is 5.32 Å². The van der Waals surface area contributed by atoms with Crippen molar-refractivity contribution < 1.29 is 22.7 Å². The minimum absolute atomic E-state index is 0.237. The Morgan fingerprint density at radius 3 is 2.39 bits per heavy atom. The maximum Gasteiger partial charge on any atom is 0.240 e. The third-order valence-corrected chi connectivity index (χ3v) is 5.07. The lowest BCUT2D eigenvalue weighted by atomic mass is 10.2. The van der Waals surface area contributed by atoms with Crippen LogP contribution >= 0.6 is 0 Å². The van der Waals surface area contributed by atoms with Gasteiger partial charge in [-0.25, -0.2) is 8.42 Å². The summed E-state index contributed by atoms with van der Waals surface area (Å²) in [4.78, 5) is 11.8. The molecule has 1 aliphatic rings. The number of rotatable bonds is 4. The molecule has 0 aromatic carbocycles. The number of carbonyl (C=O) groups is 1. The molecule has 106 valence electrons. The molecule has 0 spiro atoms. The monoisotopic (exact) mass is 279 g/mol. The molecule has 0 aromatic heterocycles. The van der Waals surface area contributed by atoms with Gasteiger partial charge in [0.2, 0.25) is 5.91 Å². The van der Waals surface area contributed by atoms with Crippen LogP contribution in [0.5, 0.6) is 0 Å². The molecule has 1 fully saturated rings. The number of carbonyl (C=O) groups excluding carboxylic acids is 1. The van der Waals surface area contributed by atoms with Crippen molar-refractivity contribution in [3.05, 3.63) is 0 Å². The Morgan fingerprint density at radius 1 is 1.44 bits per heavy atom. The average molecular weight is 279 g/mol. The molecule has 1 amide bonds. The van der Waals surface area contributed by atoms with Gasteiger partial charge < -0.3 is 14.8 Å². The highest BCUT2D eigenvalue weighted by Gasteiger charge is 2.39. The summed E-state index contributed by atoms with van der Waals surface area (Å²) in [6, 6.07) is 0. The third-order valence-electron chi connectivity index (χ3n) is 3.03. The van der Waals surface area contributed by atoms with Crippen molar-refractivity contribution in [1.82, 2.24) is 5.32 Å². The van der Waals surface area contributed by atoms with Crippen molar-refractivity contribution in [3.8, 4) is 0 Å². The smallest absolute Gasteiger partial charge is 0.240 e. The van der Waals surface area contributed by atoms with Gasteiger partial charge in [0.15, 0.2) is 15.6 Å². The molecule has 1 atom stereocenters. The highest BCUT2D eigenvalue weighted by atomic mass is 32.2. The largest absolute Gasteiger partial charge is 0.352 e. The fourth-order valence-electron chi connectivity index (χ4n) is 1.45. The second-order valence-electron chi connectivity index (χ2n) is 5.44. The van der Waals surface area contributed by atoms with E-state index in [4.69, 9.17) is 9.47 Å². The van der Waals surface area contributed by atoms with Crippen LogP contribution < -0.4 is 5.32 Å². The fraction of sp³-hybridized carbons (Fsp3) is 0.909. The molecule has 0 aliphatic carbocycles. The van der Waals surface area contributed by atoms with E-state index in [9.17, 15) is 13.2 Å². The lowest BCUT2D eigenvalue weighted by molar-refractivity contribution is -0.139. The SMILES string of the molecule is CC1(C)OCC(CNC(=O)C(C)(C)S(C)(=O)=O)O1. The molecule has 1 saturated heterocycles. The zero-order chi connectivity index (χ0) is 14.2. The van der Waals surface area contributed by atoms with Crippen molar-refractivity contribution in [2.75, 3.05) is 19.4 Å². The second-order valence-corrected chi connectivity index (χ2v) is 8.01. The van der Waals surface area contributed by atoms with Crippen molar-refractivity contribution in [3.63, 3.8) is 0 Å². The van der Waals surface area contributed by atoms with Crippen LogP contribution in [-0.2, 0) is 24.1 Å². The first-order valence-corrected chi connectivity index (χ1v) is 7.64. The highest BCUT2D eigenvalue weighted by Crippen LogP contribution is 2.22. The lowest BCUT2D eigenvalue weighted by Gasteiger charge is -2.22. The van der Waals surface area contributed by atoms with E-state index >= 15 is 0 Å². The molecule has 0 aromatic rings. The predicted octanol–water partition coefficient (Wildman–Crippen LogP) is 0.0773. The Morgan fingerprint density at radius 2 is 2.00 bits per heavy atom. The Labute approximate surface area is 108 Å². The standard InChI is InChI=1S/C11H21NO5S/c1-10(2,18(5,14)15)9(13)12-6-8-7-16-11(3,4)17-8/h8H,6-7H2,1-5H3,(H,12,13). The first-order valence-electron chi connectivity index (χ1n) is 5.75. The molecule has 0 bridgehead atoms. The first kappa shape index (κ1) is 15.4. The van der Waals surface area contributed by atoms with Gasteiger partial charge in [-0.1, -0.05) is 0 Å². The topological polar surface area (TPSA) is 81.7 Å². The van der Waals surface area contributed by atoms with E-state index in [1.165, 1.54) is 13.8 Å². The van der Waals surface area contributed by atoms with Gasteiger partial charge in [0.05, 0.1) is 6.61 Å². The molecule has 1 heterocycles. The first-order chi connectivity index (χ1) is 7.96. The van der Waals surface area contributed by atoms with Crippen LogP contribution in [0.1, 0.15) is 27.7 Å². The Balaban J connectivity index is 2.53. The zero-order valence-corrected chi connectivity index (χ0v) is 12.3. The van der Waals surface area contributed by atoms with E-state index in [0.29, 0.717) is 6.61 Å². The van der Waals surface area contributed by atoms with E-state index in [0.717, 1.165) is 6.26 Å². The number of sulfone groups is 1.